The van der Waals surface area contributed by atoms with Gasteiger partial charge in [0.1, 0.15) is 5.82 Å². The lowest BCUT2D eigenvalue weighted by Gasteiger charge is -2.10. The standard InChI is InChI=1S/C16H22N4/c1-12(2)8-10-17-15-9-11-18-16(20-15)19-14-7-5-4-6-13(14)3/h4-7,9,11-12H,8,10H2,1-3H3,(H2,17,18,19,20). The van der Waals surface area contributed by atoms with Gasteiger partial charge in [-0.2, -0.15) is 4.98 Å². The summed E-state index contributed by atoms with van der Waals surface area (Å²) in [6, 6.07) is 10.00. The number of para-hydroxylation sites is 1. The minimum atomic E-state index is 0.619. The molecule has 0 aliphatic heterocycles. The van der Waals surface area contributed by atoms with E-state index in [1.54, 1.807) is 6.20 Å². The monoisotopic (exact) mass is 270 g/mol. The van der Waals surface area contributed by atoms with Gasteiger partial charge in [-0.05, 0) is 37.0 Å². The highest BCUT2D eigenvalue weighted by Crippen LogP contribution is 2.18. The summed E-state index contributed by atoms with van der Waals surface area (Å²) >= 11 is 0. The van der Waals surface area contributed by atoms with Crippen molar-refractivity contribution in [2.45, 2.75) is 27.2 Å². The SMILES string of the molecule is Cc1ccccc1Nc1nccc(NCCC(C)C)n1. The Morgan fingerprint density at radius 3 is 2.70 bits per heavy atom. The van der Waals surface area contributed by atoms with Gasteiger partial charge >= 0.3 is 0 Å². The first-order chi connectivity index (χ1) is 9.65. The van der Waals surface area contributed by atoms with Gasteiger partial charge in [0, 0.05) is 18.4 Å². The summed E-state index contributed by atoms with van der Waals surface area (Å²) in [6.45, 7) is 7.42. The van der Waals surface area contributed by atoms with Gasteiger partial charge in [0.2, 0.25) is 5.95 Å². The number of nitrogens with zero attached hydrogens (tertiary/aromatic N) is 2. The molecule has 4 heteroatoms. The zero-order valence-electron chi connectivity index (χ0n) is 12.4. The summed E-state index contributed by atoms with van der Waals surface area (Å²) in [5.74, 6) is 2.17. The molecular formula is C16H22N4. The highest BCUT2D eigenvalue weighted by molar-refractivity contribution is 5.58. The van der Waals surface area contributed by atoms with Gasteiger partial charge < -0.3 is 10.6 Å². The van der Waals surface area contributed by atoms with Crippen LogP contribution in [-0.4, -0.2) is 16.5 Å². The van der Waals surface area contributed by atoms with Crippen LogP contribution in [0.15, 0.2) is 36.5 Å². The Hall–Kier alpha value is -2.10. The molecule has 1 aromatic heterocycles. The molecule has 1 aromatic carbocycles. The fraction of sp³-hybridized carbons (Fsp3) is 0.375. The van der Waals surface area contributed by atoms with Crippen LogP contribution in [0.2, 0.25) is 0 Å². The average molecular weight is 270 g/mol. The molecule has 2 N–H and O–H groups in total. The molecule has 0 fully saturated rings. The van der Waals surface area contributed by atoms with E-state index in [-0.39, 0.29) is 0 Å². The van der Waals surface area contributed by atoms with Crippen LogP contribution >= 0.6 is 0 Å². The van der Waals surface area contributed by atoms with Gasteiger partial charge in [0.25, 0.3) is 0 Å². The molecule has 20 heavy (non-hydrogen) atoms. The number of nitrogens with one attached hydrogen (secondary N) is 2. The molecule has 0 saturated heterocycles. The molecule has 0 unspecified atom stereocenters. The van der Waals surface area contributed by atoms with E-state index in [9.17, 15) is 0 Å². The van der Waals surface area contributed by atoms with Crippen molar-refractivity contribution in [1.82, 2.24) is 9.97 Å². The first kappa shape index (κ1) is 14.3. The minimum absolute atomic E-state index is 0.619. The largest absolute Gasteiger partial charge is 0.370 e. The predicted molar refractivity (Wildman–Crippen MR) is 84.4 cm³/mol. The van der Waals surface area contributed by atoms with Crippen molar-refractivity contribution in [3.8, 4) is 0 Å². The summed E-state index contributed by atoms with van der Waals surface area (Å²) in [6.07, 6.45) is 2.90. The van der Waals surface area contributed by atoms with E-state index in [4.69, 9.17) is 0 Å². The van der Waals surface area contributed by atoms with Gasteiger partial charge in [-0.15, -0.1) is 0 Å². The van der Waals surface area contributed by atoms with Gasteiger partial charge in [0.05, 0.1) is 0 Å². The van der Waals surface area contributed by atoms with Gasteiger partial charge in [0.15, 0.2) is 0 Å². The maximum Gasteiger partial charge on any atom is 0.229 e. The highest BCUT2D eigenvalue weighted by atomic mass is 15.1. The second-order valence-electron chi connectivity index (χ2n) is 5.31. The van der Waals surface area contributed by atoms with Crippen LogP contribution in [0, 0.1) is 12.8 Å². The van der Waals surface area contributed by atoms with E-state index in [1.165, 1.54) is 5.56 Å². The maximum atomic E-state index is 4.47. The summed E-state index contributed by atoms with van der Waals surface area (Å²) < 4.78 is 0. The first-order valence-electron chi connectivity index (χ1n) is 7.04. The molecule has 0 saturated carbocycles. The second-order valence-corrected chi connectivity index (χ2v) is 5.31. The Morgan fingerprint density at radius 1 is 1.15 bits per heavy atom. The zero-order valence-corrected chi connectivity index (χ0v) is 12.4. The highest BCUT2D eigenvalue weighted by Gasteiger charge is 2.02. The lowest BCUT2D eigenvalue weighted by Crippen LogP contribution is -2.07. The van der Waals surface area contributed by atoms with Crippen LogP contribution in [-0.2, 0) is 0 Å². The van der Waals surface area contributed by atoms with Crippen LogP contribution < -0.4 is 10.6 Å². The molecule has 4 nitrogen and oxygen atoms in total. The third kappa shape index (κ3) is 4.23. The Labute approximate surface area is 120 Å². The third-order valence-electron chi connectivity index (χ3n) is 3.07. The fourth-order valence-electron chi connectivity index (χ4n) is 1.84. The molecule has 0 spiro atoms. The zero-order chi connectivity index (χ0) is 14.4. The van der Waals surface area contributed by atoms with Crippen LogP contribution in [0.4, 0.5) is 17.5 Å². The van der Waals surface area contributed by atoms with Crippen molar-refractivity contribution >= 4 is 17.5 Å². The molecule has 0 aliphatic carbocycles. The van der Waals surface area contributed by atoms with Crippen LogP contribution in [0.25, 0.3) is 0 Å². The topological polar surface area (TPSA) is 49.8 Å². The summed E-state index contributed by atoms with van der Waals surface area (Å²) in [7, 11) is 0. The van der Waals surface area contributed by atoms with E-state index < -0.39 is 0 Å². The van der Waals surface area contributed by atoms with E-state index in [1.807, 2.05) is 24.3 Å². The van der Waals surface area contributed by atoms with E-state index >= 15 is 0 Å². The molecule has 0 aliphatic rings. The number of anilines is 3. The van der Waals surface area contributed by atoms with Crippen molar-refractivity contribution in [2.75, 3.05) is 17.2 Å². The number of aryl methyl sites for hydroxylation is 1. The molecule has 0 radical (unpaired) electrons. The average Bonchev–Trinajstić information content (AvgIpc) is 2.41. The van der Waals surface area contributed by atoms with Gasteiger partial charge in [-0.3, -0.25) is 0 Å². The normalized spacial score (nSPS) is 10.6. The molecular weight excluding hydrogens is 248 g/mol. The van der Waals surface area contributed by atoms with Crippen molar-refractivity contribution in [3.63, 3.8) is 0 Å². The molecule has 2 rings (SSSR count). The Balaban J connectivity index is 2.01. The Bertz CT molecular complexity index is 552. The van der Waals surface area contributed by atoms with Crippen molar-refractivity contribution in [2.24, 2.45) is 5.92 Å². The molecule has 0 bridgehead atoms. The van der Waals surface area contributed by atoms with Crippen LogP contribution in [0.3, 0.4) is 0 Å². The number of hydrogen-bond acceptors (Lipinski definition) is 4. The van der Waals surface area contributed by atoms with Crippen LogP contribution in [0.1, 0.15) is 25.8 Å². The van der Waals surface area contributed by atoms with Gasteiger partial charge in [-0.25, -0.2) is 4.98 Å². The Kier molecular flexibility index (Phi) is 4.93. The van der Waals surface area contributed by atoms with E-state index in [2.05, 4.69) is 47.4 Å². The van der Waals surface area contributed by atoms with Gasteiger partial charge in [-0.1, -0.05) is 32.0 Å². The number of rotatable bonds is 6. The second kappa shape index (κ2) is 6.89. The maximum absolute atomic E-state index is 4.47. The van der Waals surface area contributed by atoms with Crippen LogP contribution in [0.5, 0.6) is 0 Å². The van der Waals surface area contributed by atoms with E-state index in [0.717, 1.165) is 24.5 Å². The quantitative estimate of drug-likeness (QED) is 0.833. The summed E-state index contributed by atoms with van der Waals surface area (Å²) in [4.78, 5) is 8.73. The third-order valence-corrected chi connectivity index (χ3v) is 3.07. The predicted octanol–water partition coefficient (Wildman–Crippen LogP) is 3.99. The molecule has 0 amide bonds. The number of hydrogen-bond donors (Lipinski definition) is 2. The number of aromatic nitrogens is 2. The summed E-state index contributed by atoms with van der Waals surface area (Å²) in [5, 5.41) is 6.58. The molecule has 2 aromatic rings. The molecule has 0 atom stereocenters. The first-order valence-corrected chi connectivity index (χ1v) is 7.04. The fourth-order valence-corrected chi connectivity index (χ4v) is 1.84. The minimum Gasteiger partial charge on any atom is -0.370 e. The van der Waals surface area contributed by atoms with Crippen molar-refractivity contribution in [3.05, 3.63) is 42.1 Å². The van der Waals surface area contributed by atoms with Crippen molar-refractivity contribution < 1.29 is 0 Å². The molecule has 1 heterocycles. The Morgan fingerprint density at radius 2 is 1.95 bits per heavy atom. The van der Waals surface area contributed by atoms with E-state index in [0.29, 0.717) is 11.9 Å². The lowest BCUT2D eigenvalue weighted by molar-refractivity contribution is 0.606. The van der Waals surface area contributed by atoms with Crippen molar-refractivity contribution in [1.29, 1.82) is 0 Å². The lowest BCUT2D eigenvalue weighted by atomic mass is 10.1. The summed E-state index contributed by atoms with van der Waals surface area (Å²) in [5.41, 5.74) is 2.21. The molecule has 106 valence electrons. The number of benzene rings is 1. The smallest absolute Gasteiger partial charge is 0.229 e.